The van der Waals surface area contributed by atoms with Crippen molar-refractivity contribution in [2.45, 2.75) is 6.29 Å². The zero-order valence-electron chi connectivity index (χ0n) is 11.3. The second-order valence-electron chi connectivity index (χ2n) is 4.78. The van der Waals surface area contributed by atoms with E-state index in [1.807, 2.05) is 0 Å². The van der Waals surface area contributed by atoms with Crippen LogP contribution in [0.15, 0.2) is 36.4 Å². The molecule has 0 saturated carbocycles. The first-order valence-electron chi connectivity index (χ1n) is 6.58. The predicted octanol–water partition coefficient (Wildman–Crippen LogP) is 3.38. The maximum absolute atomic E-state index is 13.2. The Morgan fingerprint density at radius 2 is 1.59 bits per heavy atom. The van der Waals surface area contributed by atoms with E-state index in [1.165, 1.54) is 12.1 Å². The molecule has 22 heavy (non-hydrogen) atoms. The number of benzene rings is 2. The summed E-state index contributed by atoms with van der Waals surface area (Å²) in [5, 5.41) is 0. The molecule has 0 radical (unpaired) electrons. The summed E-state index contributed by atoms with van der Waals surface area (Å²) in [7, 11) is 0. The molecule has 0 N–H and O–H groups in total. The van der Waals surface area contributed by atoms with Crippen LogP contribution in [0.1, 0.15) is 27.8 Å². The van der Waals surface area contributed by atoms with Crippen LogP contribution in [0, 0.1) is 17.5 Å². The van der Waals surface area contributed by atoms with E-state index in [0.29, 0.717) is 30.9 Å². The molecular weight excluding hydrogens is 297 g/mol. The first kappa shape index (κ1) is 14.7. The van der Waals surface area contributed by atoms with Gasteiger partial charge < -0.3 is 9.47 Å². The van der Waals surface area contributed by atoms with E-state index in [0.717, 1.165) is 0 Å². The minimum Gasteiger partial charge on any atom is -0.346 e. The first-order chi connectivity index (χ1) is 10.6. The van der Waals surface area contributed by atoms with Crippen LogP contribution in [-0.4, -0.2) is 19.0 Å². The summed E-state index contributed by atoms with van der Waals surface area (Å²) < 4.78 is 50.1. The van der Waals surface area contributed by atoms with Gasteiger partial charge in [0.25, 0.3) is 0 Å². The van der Waals surface area contributed by atoms with Gasteiger partial charge in [-0.3, -0.25) is 4.79 Å². The predicted molar refractivity (Wildman–Crippen MR) is 70.8 cm³/mol. The fourth-order valence-corrected chi connectivity index (χ4v) is 2.23. The lowest BCUT2D eigenvalue weighted by Crippen LogP contribution is -2.06. The zero-order valence-corrected chi connectivity index (χ0v) is 11.3. The second-order valence-corrected chi connectivity index (χ2v) is 4.78. The Hall–Kier alpha value is -2.18. The van der Waals surface area contributed by atoms with Crippen LogP contribution in [0.4, 0.5) is 13.2 Å². The number of carbonyl (C=O) groups is 1. The Morgan fingerprint density at radius 1 is 0.955 bits per heavy atom. The smallest absolute Gasteiger partial charge is 0.194 e. The van der Waals surface area contributed by atoms with Crippen molar-refractivity contribution >= 4 is 5.78 Å². The molecule has 3 rings (SSSR count). The third-order valence-electron chi connectivity index (χ3n) is 3.29. The van der Waals surface area contributed by atoms with Crippen molar-refractivity contribution in [2.75, 3.05) is 13.2 Å². The SMILES string of the molecule is O=C(c1cccc(C2OCCO2)c1)c1cc(F)c(F)c(F)c1. The van der Waals surface area contributed by atoms with Crippen LogP contribution in [0.2, 0.25) is 0 Å². The molecule has 1 saturated heterocycles. The molecular formula is C16H11F3O3. The Bertz CT molecular complexity index is 701. The third kappa shape index (κ3) is 2.75. The van der Waals surface area contributed by atoms with Crippen molar-refractivity contribution in [2.24, 2.45) is 0 Å². The van der Waals surface area contributed by atoms with Crippen molar-refractivity contribution in [3.05, 3.63) is 70.5 Å². The highest BCUT2D eigenvalue weighted by Gasteiger charge is 2.21. The minimum atomic E-state index is -1.60. The molecule has 1 aliphatic rings. The molecule has 2 aromatic carbocycles. The van der Waals surface area contributed by atoms with Crippen molar-refractivity contribution in [1.29, 1.82) is 0 Å². The molecule has 1 fully saturated rings. The average Bonchev–Trinajstić information content (AvgIpc) is 3.06. The van der Waals surface area contributed by atoms with Gasteiger partial charge in [0.15, 0.2) is 29.5 Å². The number of ether oxygens (including phenoxy) is 2. The highest BCUT2D eigenvalue weighted by molar-refractivity contribution is 6.09. The molecule has 0 unspecified atom stereocenters. The van der Waals surface area contributed by atoms with Crippen molar-refractivity contribution in [3.8, 4) is 0 Å². The summed E-state index contributed by atoms with van der Waals surface area (Å²) in [6.45, 7) is 0.911. The second kappa shape index (κ2) is 5.90. The number of ketones is 1. The van der Waals surface area contributed by atoms with Gasteiger partial charge in [0.05, 0.1) is 13.2 Å². The maximum Gasteiger partial charge on any atom is 0.194 e. The minimum absolute atomic E-state index is 0.210. The molecule has 0 amide bonds. The van der Waals surface area contributed by atoms with Gasteiger partial charge in [0.1, 0.15) is 0 Å². The Labute approximate surface area is 124 Å². The van der Waals surface area contributed by atoms with E-state index < -0.39 is 29.5 Å². The van der Waals surface area contributed by atoms with Gasteiger partial charge in [-0.25, -0.2) is 13.2 Å². The van der Waals surface area contributed by atoms with E-state index in [4.69, 9.17) is 9.47 Å². The molecule has 1 aliphatic heterocycles. The fourth-order valence-electron chi connectivity index (χ4n) is 2.23. The Balaban J connectivity index is 1.93. The standard InChI is InChI=1S/C16H11F3O3/c17-12-7-11(8-13(18)14(12)19)15(20)9-2-1-3-10(6-9)16-21-4-5-22-16/h1-3,6-8,16H,4-5H2. The van der Waals surface area contributed by atoms with Gasteiger partial charge in [-0.15, -0.1) is 0 Å². The molecule has 114 valence electrons. The van der Waals surface area contributed by atoms with E-state index in [1.54, 1.807) is 12.1 Å². The van der Waals surface area contributed by atoms with Crippen LogP contribution < -0.4 is 0 Å². The van der Waals surface area contributed by atoms with Crippen molar-refractivity contribution in [1.82, 2.24) is 0 Å². The van der Waals surface area contributed by atoms with Gasteiger partial charge in [0.2, 0.25) is 0 Å². The van der Waals surface area contributed by atoms with Crippen molar-refractivity contribution < 1.29 is 27.4 Å². The molecule has 0 aliphatic carbocycles. The molecule has 0 bridgehead atoms. The van der Waals surface area contributed by atoms with Gasteiger partial charge >= 0.3 is 0 Å². The van der Waals surface area contributed by atoms with Crippen LogP contribution in [0.3, 0.4) is 0 Å². The highest BCUT2D eigenvalue weighted by atomic mass is 19.2. The average molecular weight is 308 g/mol. The number of carbonyl (C=O) groups excluding carboxylic acids is 1. The van der Waals surface area contributed by atoms with Crippen LogP contribution in [-0.2, 0) is 9.47 Å². The number of halogens is 3. The number of hydrogen-bond donors (Lipinski definition) is 0. The van der Waals surface area contributed by atoms with Gasteiger partial charge in [0, 0.05) is 16.7 Å². The maximum atomic E-state index is 13.2. The lowest BCUT2D eigenvalue weighted by Gasteiger charge is -2.10. The monoisotopic (exact) mass is 308 g/mol. The zero-order chi connectivity index (χ0) is 15.7. The Morgan fingerprint density at radius 3 is 2.23 bits per heavy atom. The largest absolute Gasteiger partial charge is 0.346 e. The lowest BCUT2D eigenvalue weighted by atomic mass is 10.0. The topological polar surface area (TPSA) is 35.5 Å². The Kier molecular flexibility index (Phi) is 3.96. The molecule has 6 heteroatoms. The van der Waals surface area contributed by atoms with E-state index in [2.05, 4.69) is 0 Å². The molecule has 3 nitrogen and oxygen atoms in total. The summed E-state index contributed by atoms with van der Waals surface area (Å²) >= 11 is 0. The first-order valence-corrected chi connectivity index (χ1v) is 6.58. The molecule has 0 spiro atoms. The van der Waals surface area contributed by atoms with E-state index in [-0.39, 0.29) is 11.1 Å². The fraction of sp³-hybridized carbons (Fsp3) is 0.188. The highest BCUT2D eigenvalue weighted by Crippen LogP contribution is 2.25. The summed E-state index contributed by atoms with van der Waals surface area (Å²) in [6, 6.07) is 7.71. The van der Waals surface area contributed by atoms with Crippen LogP contribution in [0.25, 0.3) is 0 Å². The van der Waals surface area contributed by atoms with Crippen molar-refractivity contribution in [3.63, 3.8) is 0 Å². The lowest BCUT2D eigenvalue weighted by molar-refractivity contribution is -0.0441. The van der Waals surface area contributed by atoms with Gasteiger partial charge in [-0.05, 0) is 18.2 Å². The number of hydrogen-bond acceptors (Lipinski definition) is 3. The third-order valence-corrected chi connectivity index (χ3v) is 3.29. The molecule has 2 aromatic rings. The molecule has 1 heterocycles. The van der Waals surface area contributed by atoms with Gasteiger partial charge in [-0.1, -0.05) is 18.2 Å². The van der Waals surface area contributed by atoms with Crippen LogP contribution >= 0.6 is 0 Å². The summed E-state index contributed by atoms with van der Waals surface area (Å²) in [5.74, 6) is -5.01. The van der Waals surface area contributed by atoms with E-state index >= 15 is 0 Å². The normalized spacial score (nSPS) is 15.2. The summed E-state index contributed by atoms with van der Waals surface area (Å²) in [4.78, 5) is 12.3. The van der Waals surface area contributed by atoms with E-state index in [9.17, 15) is 18.0 Å². The molecule has 0 atom stereocenters. The summed E-state index contributed by atoms with van der Waals surface area (Å²) in [6.07, 6.45) is -0.561. The summed E-state index contributed by atoms with van der Waals surface area (Å²) in [5.41, 5.74) is 0.579. The van der Waals surface area contributed by atoms with Crippen LogP contribution in [0.5, 0.6) is 0 Å². The molecule has 0 aromatic heterocycles. The van der Waals surface area contributed by atoms with Gasteiger partial charge in [-0.2, -0.15) is 0 Å². The quantitative estimate of drug-likeness (QED) is 0.644. The number of rotatable bonds is 3.